The van der Waals surface area contributed by atoms with Gasteiger partial charge in [-0.1, -0.05) is 0 Å². The lowest BCUT2D eigenvalue weighted by molar-refractivity contribution is -0.120. The lowest BCUT2D eigenvalue weighted by Crippen LogP contribution is -2.28. The van der Waals surface area contributed by atoms with E-state index < -0.39 is 12.1 Å². The smallest absolute Gasteiger partial charge is 0.289 e. The lowest BCUT2D eigenvalue weighted by Gasteiger charge is -2.10. The molecule has 1 amide bonds. The van der Waals surface area contributed by atoms with E-state index in [1.54, 1.807) is 6.07 Å². The van der Waals surface area contributed by atoms with E-state index in [0.717, 1.165) is 5.01 Å². The maximum Gasteiger partial charge on any atom is 0.289 e. The van der Waals surface area contributed by atoms with Gasteiger partial charge < -0.3 is 5.73 Å². The van der Waals surface area contributed by atoms with Gasteiger partial charge >= 0.3 is 0 Å². The third kappa shape index (κ3) is 1.54. The van der Waals surface area contributed by atoms with E-state index in [-0.39, 0.29) is 11.5 Å². The summed E-state index contributed by atoms with van der Waals surface area (Å²) in [6.07, 6.45) is -0.275. The Morgan fingerprint density at radius 3 is 2.73 bits per heavy atom. The second-order valence-corrected chi connectivity index (χ2v) is 3.20. The molecule has 0 spiro atoms. The van der Waals surface area contributed by atoms with E-state index in [4.69, 9.17) is 5.73 Å². The number of hydrogen-bond donors (Lipinski definition) is 1. The van der Waals surface area contributed by atoms with Crippen LogP contribution in [0.2, 0.25) is 0 Å². The largest absolute Gasteiger partial charge is 0.397 e. The molecular weight excluding hydrogens is 199 g/mol. The van der Waals surface area contributed by atoms with Gasteiger partial charge in [0.15, 0.2) is 5.82 Å². The van der Waals surface area contributed by atoms with Gasteiger partial charge in [-0.15, -0.1) is 0 Å². The van der Waals surface area contributed by atoms with Gasteiger partial charge in [0.1, 0.15) is 0 Å². The van der Waals surface area contributed by atoms with Crippen molar-refractivity contribution in [2.45, 2.75) is 13.1 Å². The molecule has 2 heterocycles. The van der Waals surface area contributed by atoms with Gasteiger partial charge in [-0.25, -0.2) is 9.37 Å². The summed E-state index contributed by atoms with van der Waals surface area (Å²) in [5, 5.41) is 4.72. The quantitative estimate of drug-likeness (QED) is 0.739. The van der Waals surface area contributed by atoms with Crippen molar-refractivity contribution in [3.05, 3.63) is 18.3 Å². The van der Waals surface area contributed by atoms with Crippen molar-refractivity contribution in [2.75, 3.05) is 10.7 Å². The Hall–Kier alpha value is -1.98. The van der Waals surface area contributed by atoms with E-state index in [0.29, 0.717) is 5.69 Å². The van der Waals surface area contributed by atoms with E-state index in [2.05, 4.69) is 10.1 Å². The van der Waals surface area contributed by atoms with Crippen LogP contribution in [0.3, 0.4) is 0 Å². The molecule has 0 aromatic carbocycles. The van der Waals surface area contributed by atoms with Crippen molar-refractivity contribution in [1.29, 1.82) is 0 Å². The average Bonchev–Trinajstić information content (AvgIpc) is 2.47. The molecule has 1 aliphatic heterocycles. The minimum absolute atomic E-state index is 0.138. The number of halogens is 1. The molecule has 1 aliphatic rings. The topological polar surface area (TPSA) is 71.6 Å². The molecule has 0 saturated carbocycles. The van der Waals surface area contributed by atoms with E-state index in [1.807, 2.05) is 0 Å². The molecular formula is C9H9FN4O. The molecule has 0 aliphatic carbocycles. The standard InChI is InChI=1S/C9H9FN4O/c1-5-8(10)9(15)14(13-5)7-3-2-6(11)4-12-7/h2-4,8H,11H2,1H3/t8-/m0/s1. The van der Waals surface area contributed by atoms with Gasteiger partial charge in [0.25, 0.3) is 5.91 Å². The first kappa shape index (κ1) is 9.57. The van der Waals surface area contributed by atoms with Crippen molar-refractivity contribution in [2.24, 2.45) is 5.10 Å². The fraction of sp³-hybridized carbons (Fsp3) is 0.222. The third-order valence-corrected chi connectivity index (χ3v) is 2.04. The molecule has 0 fully saturated rings. The Labute approximate surface area is 85.4 Å². The van der Waals surface area contributed by atoms with Crippen LogP contribution >= 0.6 is 0 Å². The summed E-state index contributed by atoms with van der Waals surface area (Å²) in [4.78, 5) is 15.3. The zero-order valence-electron chi connectivity index (χ0n) is 8.01. The monoisotopic (exact) mass is 208 g/mol. The highest BCUT2D eigenvalue weighted by atomic mass is 19.1. The summed E-state index contributed by atoms with van der Waals surface area (Å²) < 4.78 is 13.2. The number of carbonyl (C=O) groups excluding carboxylic acids is 1. The number of nitrogens with zero attached hydrogens (tertiary/aromatic N) is 3. The number of hydrogen-bond acceptors (Lipinski definition) is 4. The zero-order valence-corrected chi connectivity index (χ0v) is 8.01. The summed E-state index contributed by atoms with van der Waals surface area (Å²) in [6, 6.07) is 3.09. The molecule has 0 saturated heterocycles. The summed E-state index contributed by atoms with van der Waals surface area (Å²) in [6.45, 7) is 1.46. The van der Waals surface area contributed by atoms with Crippen LogP contribution in [0.5, 0.6) is 0 Å². The Balaban J connectivity index is 2.33. The second kappa shape index (κ2) is 3.30. The van der Waals surface area contributed by atoms with Gasteiger partial charge in [0.2, 0.25) is 6.17 Å². The highest BCUT2D eigenvalue weighted by Gasteiger charge is 2.34. The number of nitrogen functional groups attached to an aromatic ring is 1. The Kier molecular flexibility index (Phi) is 2.11. The first-order chi connectivity index (χ1) is 7.09. The number of hydrazone groups is 1. The number of carbonyl (C=O) groups is 1. The SMILES string of the molecule is CC1=NN(c2ccc(N)cn2)C(=O)[C@H]1F. The van der Waals surface area contributed by atoms with Crippen molar-refractivity contribution >= 4 is 23.1 Å². The molecule has 1 aromatic heterocycles. The Morgan fingerprint density at radius 2 is 2.27 bits per heavy atom. The van der Waals surface area contributed by atoms with Crippen LogP contribution in [0.15, 0.2) is 23.4 Å². The van der Waals surface area contributed by atoms with Crippen LogP contribution in [0.4, 0.5) is 15.9 Å². The van der Waals surface area contributed by atoms with Gasteiger partial charge in [-0.05, 0) is 19.1 Å². The maximum atomic E-state index is 13.2. The highest BCUT2D eigenvalue weighted by Crippen LogP contribution is 2.20. The molecule has 6 heteroatoms. The number of nitrogens with two attached hydrogens (primary N) is 1. The Bertz CT molecular complexity index is 428. The molecule has 2 rings (SSSR count). The summed E-state index contributed by atoms with van der Waals surface area (Å²) in [5.41, 5.74) is 6.05. The molecule has 1 atom stereocenters. The summed E-state index contributed by atoms with van der Waals surface area (Å²) in [5.74, 6) is -0.446. The van der Waals surface area contributed by atoms with Gasteiger partial charge in [-0.2, -0.15) is 10.1 Å². The fourth-order valence-electron chi connectivity index (χ4n) is 1.23. The van der Waals surface area contributed by atoms with Crippen LogP contribution in [0.25, 0.3) is 0 Å². The van der Waals surface area contributed by atoms with Crippen molar-refractivity contribution < 1.29 is 9.18 Å². The zero-order chi connectivity index (χ0) is 11.0. The fourth-order valence-corrected chi connectivity index (χ4v) is 1.23. The predicted octanol–water partition coefficient (Wildman–Crippen LogP) is 0.724. The number of pyridine rings is 1. The van der Waals surface area contributed by atoms with Crippen molar-refractivity contribution in [1.82, 2.24) is 4.98 Å². The molecule has 2 N–H and O–H groups in total. The molecule has 0 radical (unpaired) electrons. The third-order valence-electron chi connectivity index (χ3n) is 2.04. The van der Waals surface area contributed by atoms with Crippen molar-refractivity contribution in [3.63, 3.8) is 0 Å². The van der Waals surface area contributed by atoms with Crippen LogP contribution in [-0.2, 0) is 4.79 Å². The van der Waals surface area contributed by atoms with Crippen molar-refractivity contribution in [3.8, 4) is 0 Å². The minimum Gasteiger partial charge on any atom is -0.397 e. The van der Waals surface area contributed by atoms with Crippen LogP contribution in [0, 0.1) is 0 Å². The molecule has 0 unspecified atom stereocenters. The summed E-state index contributed by atoms with van der Waals surface area (Å²) >= 11 is 0. The van der Waals surface area contributed by atoms with Gasteiger partial charge in [0, 0.05) is 0 Å². The number of amides is 1. The van der Waals surface area contributed by atoms with Crippen LogP contribution in [-0.4, -0.2) is 22.8 Å². The highest BCUT2D eigenvalue weighted by molar-refractivity contribution is 6.16. The first-order valence-corrected chi connectivity index (χ1v) is 4.34. The van der Waals surface area contributed by atoms with E-state index in [1.165, 1.54) is 19.2 Å². The Morgan fingerprint density at radius 1 is 1.53 bits per heavy atom. The molecule has 0 bridgehead atoms. The average molecular weight is 208 g/mol. The second-order valence-electron chi connectivity index (χ2n) is 3.20. The number of rotatable bonds is 1. The molecule has 15 heavy (non-hydrogen) atoms. The van der Waals surface area contributed by atoms with Crippen LogP contribution in [0.1, 0.15) is 6.92 Å². The number of anilines is 2. The van der Waals surface area contributed by atoms with E-state index in [9.17, 15) is 9.18 Å². The molecule has 5 nitrogen and oxygen atoms in total. The number of aromatic nitrogens is 1. The minimum atomic E-state index is -1.66. The number of alkyl halides is 1. The molecule has 78 valence electrons. The first-order valence-electron chi connectivity index (χ1n) is 4.34. The lowest BCUT2D eigenvalue weighted by atomic mass is 10.3. The van der Waals surface area contributed by atoms with Gasteiger partial charge in [0.05, 0.1) is 17.6 Å². The van der Waals surface area contributed by atoms with Crippen LogP contribution < -0.4 is 10.7 Å². The van der Waals surface area contributed by atoms with E-state index >= 15 is 0 Å². The molecule has 1 aromatic rings. The summed E-state index contributed by atoms with van der Waals surface area (Å²) in [7, 11) is 0. The normalized spacial score (nSPS) is 20.7. The predicted molar refractivity (Wildman–Crippen MR) is 54.1 cm³/mol. The van der Waals surface area contributed by atoms with Gasteiger partial charge in [-0.3, -0.25) is 4.79 Å². The maximum absolute atomic E-state index is 13.2.